The monoisotopic (exact) mass is 538 g/mol. The minimum Gasteiger partial charge on any atom is -0.497 e. The fraction of sp³-hybridized carbons (Fsp3) is 0.400. The number of H-pyrrole nitrogens is 1. The minimum atomic E-state index is -0.0297. The molecule has 0 radical (unpaired) electrons. The first-order valence-electron chi connectivity index (χ1n) is 9.77. The van der Waals surface area contributed by atoms with Crippen LogP contribution in [0, 0.1) is 0 Å². The maximum Gasteiger partial charge on any atom is 0.194 e. The van der Waals surface area contributed by atoms with Gasteiger partial charge in [-0.15, -0.1) is 24.0 Å². The van der Waals surface area contributed by atoms with Crippen molar-refractivity contribution >= 4 is 29.9 Å². The third kappa shape index (κ3) is 5.53. The fourth-order valence-corrected chi connectivity index (χ4v) is 3.39. The lowest BCUT2D eigenvalue weighted by atomic mass is 10.1. The van der Waals surface area contributed by atoms with Gasteiger partial charge in [-0.1, -0.05) is 0 Å². The normalized spacial score (nSPS) is 16.7. The Morgan fingerprint density at radius 1 is 1.35 bits per heavy atom. The van der Waals surface area contributed by atoms with Gasteiger partial charge in [-0.05, 0) is 24.3 Å². The van der Waals surface area contributed by atoms with Gasteiger partial charge >= 0.3 is 0 Å². The number of nitrogens with one attached hydrogen (secondary N) is 2. The number of aromatic amines is 1. The van der Waals surface area contributed by atoms with Crippen LogP contribution in [0.3, 0.4) is 0 Å². The second-order valence-corrected chi connectivity index (χ2v) is 6.99. The number of rotatable bonds is 5. The van der Waals surface area contributed by atoms with Crippen molar-refractivity contribution in [3.63, 3.8) is 0 Å². The second kappa shape index (κ2) is 10.6. The molecule has 4 rings (SSSR count). The van der Waals surface area contributed by atoms with Crippen molar-refractivity contribution in [1.29, 1.82) is 0 Å². The van der Waals surface area contributed by atoms with Crippen molar-refractivity contribution in [2.24, 2.45) is 12.0 Å². The number of ether oxygens (including phenoxy) is 2. The van der Waals surface area contributed by atoms with Crippen LogP contribution in [0.2, 0.25) is 0 Å². The van der Waals surface area contributed by atoms with Gasteiger partial charge < -0.3 is 19.7 Å². The van der Waals surface area contributed by atoms with E-state index < -0.39 is 0 Å². The van der Waals surface area contributed by atoms with Crippen LogP contribution in [0.4, 0.5) is 0 Å². The number of methoxy groups -OCH3 is 1. The molecule has 1 atom stereocenters. The Hall–Kier alpha value is -2.67. The average Bonchev–Trinajstić information content (AvgIpc) is 3.44. The number of hydrogen-bond donors (Lipinski definition) is 2. The second-order valence-electron chi connectivity index (χ2n) is 6.99. The van der Waals surface area contributed by atoms with E-state index in [0.717, 1.165) is 35.2 Å². The highest BCUT2D eigenvalue weighted by molar-refractivity contribution is 14.0. The Labute approximate surface area is 198 Å². The molecule has 1 aliphatic heterocycles. The SMILES string of the molecule is CN=C(NCc1nc(-c2ccc(OC)cc2)n[nH]1)N1CCOC(c2cnn(C)c2)C1.I. The zero-order chi connectivity index (χ0) is 20.9. The molecule has 0 aliphatic carbocycles. The van der Waals surface area contributed by atoms with Gasteiger partial charge in [0.15, 0.2) is 11.8 Å². The Bertz CT molecular complexity index is 1000. The highest BCUT2D eigenvalue weighted by Gasteiger charge is 2.25. The molecule has 0 bridgehead atoms. The molecule has 10 nitrogen and oxygen atoms in total. The van der Waals surface area contributed by atoms with Crippen LogP contribution in [0.15, 0.2) is 41.7 Å². The number of halogens is 1. The van der Waals surface area contributed by atoms with Gasteiger partial charge in [0.1, 0.15) is 17.7 Å². The molecule has 166 valence electrons. The van der Waals surface area contributed by atoms with Gasteiger partial charge in [0.25, 0.3) is 0 Å². The lowest BCUT2D eigenvalue weighted by Crippen LogP contribution is -2.48. The fourth-order valence-electron chi connectivity index (χ4n) is 3.39. The largest absolute Gasteiger partial charge is 0.497 e. The van der Waals surface area contributed by atoms with Gasteiger partial charge in [0.05, 0.1) is 33.0 Å². The predicted octanol–water partition coefficient (Wildman–Crippen LogP) is 1.98. The zero-order valence-electron chi connectivity index (χ0n) is 17.8. The number of benzene rings is 1. The molecule has 0 saturated carbocycles. The number of aryl methyl sites for hydroxylation is 1. The van der Waals surface area contributed by atoms with E-state index in [9.17, 15) is 0 Å². The molecule has 2 aromatic heterocycles. The zero-order valence-corrected chi connectivity index (χ0v) is 20.1. The van der Waals surface area contributed by atoms with Gasteiger partial charge in [-0.3, -0.25) is 14.8 Å². The van der Waals surface area contributed by atoms with Crippen LogP contribution in [-0.4, -0.2) is 69.7 Å². The third-order valence-electron chi connectivity index (χ3n) is 4.97. The quantitative estimate of drug-likeness (QED) is 0.291. The molecule has 3 heterocycles. The average molecular weight is 538 g/mol. The van der Waals surface area contributed by atoms with Crippen molar-refractivity contribution in [2.45, 2.75) is 12.6 Å². The summed E-state index contributed by atoms with van der Waals surface area (Å²) < 4.78 is 12.9. The van der Waals surface area contributed by atoms with Crippen molar-refractivity contribution in [3.05, 3.63) is 48.0 Å². The molecule has 1 saturated heterocycles. The Morgan fingerprint density at radius 3 is 2.84 bits per heavy atom. The van der Waals surface area contributed by atoms with Crippen molar-refractivity contribution in [2.75, 3.05) is 33.9 Å². The predicted molar refractivity (Wildman–Crippen MR) is 127 cm³/mol. The highest BCUT2D eigenvalue weighted by Crippen LogP contribution is 2.22. The Morgan fingerprint density at radius 2 is 2.16 bits per heavy atom. The number of nitrogens with zero attached hydrogens (tertiary/aromatic N) is 6. The maximum atomic E-state index is 5.92. The van der Waals surface area contributed by atoms with Crippen LogP contribution in [0.5, 0.6) is 5.75 Å². The molecule has 1 unspecified atom stereocenters. The van der Waals surface area contributed by atoms with E-state index in [1.165, 1.54) is 0 Å². The van der Waals surface area contributed by atoms with Crippen molar-refractivity contribution in [1.82, 2.24) is 35.2 Å². The standard InChI is InChI=1S/C20H26N8O2.HI/c1-21-20(28-8-9-30-17(13-28)15-10-23-27(2)12-15)22-11-18-24-19(26-25-18)14-4-6-16(29-3)7-5-14;/h4-7,10,12,17H,8-9,11,13H2,1-3H3,(H,21,22)(H,24,25,26);1H. The van der Waals surface area contributed by atoms with E-state index in [0.29, 0.717) is 25.5 Å². The molecular weight excluding hydrogens is 511 g/mol. The minimum absolute atomic E-state index is 0. The van der Waals surface area contributed by atoms with Gasteiger partial charge in [0, 0.05) is 38.0 Å². The van der Waals surface area contributed by atoms with Crippen LogP contribution < -0.4 is 10.1 Å². The summed E-state index contributed by atoms with van der Waals surface area (Å²) in [6.45, 7) is 2.59. The van der Waals surface area contributed by atoms with Crippen LogP contribution >= 0.6 is 24.0 Å². The van der Waals surface area contributed by atoms with E-state index in [4.69, 9.17) is 9.47 Å². The topological polar surface area (TPSA) is 105 Å². The number of guanidine groups is 1. The summed E-state index contributed by atoms with van der Waals surface area (Å²) >= 11 is 0. The van der Waals surface area contributed by atoms with Gasteiger partial charge in [-0.2, -0.15) is 10.2 Å². The first-order chi connectivity index (χ1) is 14.7. The van der Waals surface area contributed by atoms with E-state index in [2.05, 4.69) is 35.5 Å². The molecule has 1 aliphatic rings. The molecule has 0 spiro atoms. The van der Waals surface area contributed by atoms with Gasteiger partial charge in [-0.25, -0.2) is 4.98 Å². The summed E-state index contributed by atoms with van der Waals surface area (Å²) in [5.74, 6) is 2.98. The van der Waals surface area contributed by atoms with E-state index in [-0.39, 0.29) is 30.1 Å². The van der Waals surface area contributed by atoms with E-state index in [1.807, 2.05) is 43.7 Å². The summed E-state index contributed by atoms with van der Waals surface area (Å²) in [4.78, 5) is 11.2. The Balaban J connectivity index is 0.00000272. The van der Waals surface area contributed by atoms with E-state index in [1.54, 1.807) is 18.8 Å². The summed E-state index contributed by atoms with van der Waals surface area (Å²) in [7, 11) is 5.33. The Kier molecular flexibility index (Phi) is 7.85. The number of morpholine rings is 1. The molecule has 2 N–H and O–H groups in total. The lowest BCUT2D eigenvalue weighted by molar-refractivity contribution is -0.00806. The first-order valence-corrected chi connectivity index (χ1v) is 9.77. The van der Waals surface area contributed by atoms with Crippen molar-refractivity contribution in [3.8, 4) is 17.1 Å². The summed E-state index contributed by atoms with van der Waals surface area (Å²) in [6.07, 6.45) is 3.80. The summed E-state index contributed by atoms with van der Waals surface area (Å²) in [5.41, 5.74) is 1.99. The highest BCUT2D eigenvalue weighted by atomic mass is 127. The number of aromatic nitrogens is 5. The summed E-state index contributed by atoms with van der Waals surface area (Å²) in [6, 6.07) is 7.65. The summed E-state index contributed by atoms with van der Waals surface area (Å²) in [5, 5.41) is 14.9. The van der Waals surface area contributed by atoms with Gasteiger partial charge in [0.2, 0.25) is 0 Å². The molecule has 11 heteroatoms. The number of aliphatic imine (C=N–C) groups is 1. The smallest absolute Gasteiger partial charge is 0.194 e. The third-order valence-corrected chi connectivity index (χ3v) is 4.97. The van der Waals surface area contributed by atoms with E-state index >= 15 is 0 Å². The molecule has 31 heavy (non-hydrogen) atoms. The van der Waals surface area contributed by atoms with Crippen LogP contribution in [-0.2, 0) is 18.3 Å². The molecule has 3 aromatic rings. The molecular formula is C20H27IN8O2. The first kappa shape index (κ1) is 23.0. The van der Waals surface area contributed by atoms with Crippen LogP contribution in [0.1, 0.15) is 17.5 Å². The molecule has 0 amide bonds. The number of hydrogen-bond acceptors (Lipinski definition) is 6. The lowest BCUT2D eigenvalue weighted by Gasteiger charge is -2.34. The molecule has 1 fully saturated rings. The molecule has 1 aromatic carbocycles. The maximum absolute atomic E-state index is 5.92. The van der Waals surface area contributed by atoms with Crippen LogP contribution in [0.25, 0.3) is 11.4 Å². The van der Waals surface area contributed by atoms with Crippen molar-refractivity contribution < 1.29 is 9.47 Å².